The molecule has 7 heteroatoms. The molecule has 0 radical (unpaired) electrons. The molecule has 1 fully saturated rings. The molecule has 0 spiro atoms. The van der Waals surface area contributed by atoms with Gasteiger partial charge in [0.2, 0.25) is 0 Å². The molecule has 160 valence electrons. The molecule has 0 aromatic heterocycles. The predicted octanol–water partition coefficient (Wildman–Crippen LogP) is 3.43. The number of benzene rings is 2. The fourth-order valence-corrected chi connectivity index (χ4v) is 3.98. The van der Waals surface area contributed by atoms with E-state index in [9.17, 15) is 14.7 Å². The third-order valence-electron chi connectivity index (χ3n) is 5.74. The first-order valence-corrected chi connectivity index (χ1v) is 9.96. The summed E-state index contributed by atoms with van der Waals surface area (Å²) in [4.78, 5) is 26.4. The fraction of sp³-hybridized carbons (Fsp3) is 0.391. The fourth-order valence-electron chi connectivity index (χ4n) is 3.98. The number of carbonyl (C=O) groups excluding carboxylic acids is 1. The molecule has 1 saturated heterocycles. The van der Waals surface area contributed by atoms with Crippen LogP contribution in [0.1, 0.15) is 31.4 Å². The summed E-state index contributed by atoms with van der Waals surface area (Å²) in [6.07, 6.45) is -0.107. The lowest BCUT2D eigenvalue weighted by molar-refractivity contribution is -0.149. The molecule has 0 aliphatic carbocycles. The maximum atomic E-state index is 12.8. The Balaban J connectivity index is 1.70. The van der Waals surface area contributed by atoms with Crippen LogP contribution in [-0.2, 0) is 22.7 Å². The molecule has 1 heterocycles. The first kappa shape index (κ1) is 21.6. The lowest BCUT2D eigenvalue weighted by atomic mass is 9.93. The molecule has 3 atom stereocenters. The largest absolute Gasteiger partial charge is 0.497 e. The van der Waals surface area contributed by atoms with Gasteiger partial charge in [-0.25, -0.2) is 9.59 Å². The van der Waals surface area contributed by atoms with Crippen LogP contribution in [0.5, 0.6) is 5.75 Å². The molecule has 0 bridgehead atoms. The quantitative estimate of drug-likeness (QED) is 0.724. The zero-order valence-electron chi connectivity index (χ0n) is 17.5. The van der Waals surface area contributed by atoms with Crippen molar-refractivity contribution in [3.05, 3.63) is 65.7 Å². The number of nitrogens with one attached hydrogen (secondary N) is 1. The highest BCUT2D eigenvalue weighted by atomic mass is 16.6. The highest BCUT2D eigenvalue weighted by Gasteiger charge is 2.56. The number of ether oxygens (including phenoxy) is 2. The number of rotatable bonds is 7. The third-order valence-corrected chi connectivity index (χ3v) is 5.74. The second-order valence-corrected chi connectivity index (χ2v) is 7.73. The first-order valence-electron chi connectivity index (χ1n) is 9.96. The summed E-state index contributed by atoms with van der Waals surface area (Å²) >= 11 is 0. The molecular formula is C23H28N2O5. The molecule has 1 aliphatic rings. The van der Waals surface area contributed by atoms with Gasteiger partial charge in [0.15, 0.2) is 5.54 Å². The van der Waals surface area contributed by atoms with Gasteiger partial charge in [-0.3, -0.25) is 4.90 Å². The van der Waals surface area contributed by atoms with Crippen molar-refractivity contribution in [3.63, 3.8) is 0 Å². The van der Waals surface area contributed by atoms with Crippen molar-refractivity contribution in [1.82, 2.24) is 10.2 Å². The van der Waals surface area contributed by atoms with Gasteiger partial charge < -0.3 is 19.9 Å². The van der Waals surface area contributed by atoms with Gasteiger partial charge in [-0.2, -0.15) is 0 Å². The molecule has 2 aromatic rings. The van der Waals surface area contributed by atoms with E-state index < -0.39 is 23.6 Å². The Bertz CT molecular complexity index is 871. The van der Waals surface area contributed by atoms with Gasteiger partial charge in [-0.05, 0) is 43.5 Å². The molecule has 1 aliphatic heterocycles. The number of carboxylic acid groups (broad SMARTS) is 1. The topological polar surface area (TPSA) is 88.1 Å². The number of amides is 1. The summed E-state index contributed by atoms with van der Waals surface area (Å²) in [5, 5.41) is 13.4. The van der Waals surface area contributed by atoms with Gasteiger partial charge in [-0.1, -0.05) is 42.5 Å². The zero-order chi connectivity index (χ0) is 21.7. The van der Waals surface area contributed by atoms with Crippen molar-refractivity contribution in [2.45, 2.75) is 51.0 Å². The molecule has 0 saturated carbocycles. The van der Waals surface area contributed by atoms with E-state index in [-0.39, 0.29) is 12.6 Å². The van der Waals surface area contributed by atoms with Gasteiger partial charge >= 0.3 is 12.1 Å². The maximum Gasteiger partial charge on any atom is 0.411 e. The van der Waals surface area contributed by atoms with Crippen molar-refractivity contribution in [2.24, 2.45) is 0 Å². The first-order chi connectivity index (χ1) is 14.4. The van der Waals surface area contributed by atoms with Crippen LogP contribution in [-0.4, -0.2) is 46.8 Å². The van der Waals surface area contributed by atoms with Crippen LogP contribution in [0.2, 0.25) is 0 Å². The Morgan fingerprint density at radius 2 is 1.80 bits per heavy atom. The minimum atomic E-state index is -1.42. The van der Waals surface area contributed by atoms with Crippen LogP contribution in [0.4, 0.5) is 4.79 Å². The van der Waals surface area contributed by atoms with E-state index in [1.54, 1.807) is 14.0 Å². The molecule has 7 nitrogen and oxygen atoms in total. The summed E-state index contributed by atoms with van der Waals surface area (Å²) in [5.74, 6) is -0.299. The normalized spacial score (nSPS) is 23.2. The highest BCUT2D eigenvalue weighted by Crippen LogP contribution is 2.35. The number of carbonyl (C=O) groups is 2. The number of hydrogen-bond donors (Lipinski definition) is 2. The van der Waals surface area contributed by atoms with E-state index in [0.29, 0.717) is 13.0 Å². The number of nitrogens with zero attached hydrogens (tertiary/aromatic N) is 1. The molecule has 3 rings (SSSR count). The summed E-state index contributed by atoms with van der Waals surface area (Å²) in [5.41, 5.74) is 0.435. The van der Waals surface area contributed by atoms with Crippen LogP contribution in [0.15, 0.2) is 54.6 Å². The van der Waals surface area contributed by atoms with E-state index in [2.05, 4.69) is 5.32 Å². The number of carboxylic acids is 1. The number of likely N-dealkylation sites (tertiary alicyclic amines) is 1. The average Bonchev–Trinajstić information content (AvgIpc) is 3.02. The predicted molar refractivity (Wildman–Crippen MR) is 112 cm³/mol. The van der Waals surface area contributed by atoms with Crippen molar-refractivity contribution in [1.29, 1.82) is 0 Å². The Hall–Kier alpha value is -3.06. The third kappa shape index (κ3) is 4.41. The van der Waals surface area contributed by atoms with E-state index in [1.807, 2.05) is 61.5 Å². The highest BCUT2D eigenvalue weighted by molar-refractivity contribution is 5.86. The lowest BCUT2D eigenvalue weighted by Gasteiger charge is -2.36. The van der Waals surface area contributed by atoms with Gasteiger partial charge in [0, 0.05) is 18.6 Å². The minimum Gasteiger partial charge on any atom is -0.497 e. The second kappa shape index (κ2) is 9.17. The Labute approximate surface area is 176 Å². The van der Waals surface area contributed by atoms with Gasteiger partial charge in [0.05, 0.1) is 7.11 Å². The second-order valence-electron chi connectivity index (χ2n) is 7.73. The summed E-state index contributed by atoms with van der Waals surface area (Å²) in [7, 11) is 1.61. The van der Waals surface area contributed by atoms with Crippen LogP contribution in [0, 0.1) is 0 Å². The summed E-state index contributed by atoms with van der Waals surface area (Å²) in [6.45, 7) is 4.01. The zero-order valence-corrected chi connectivity index (χ0v) is 17.5. The lowest BCUT2D eigenvalue weighted by Crippen LogP contribution is -2.60. The Kier molecular flexibility index (Phi) is 6.62. The standard InChI is InChI=1S/C23H28N2O5/c1-16-13-20(24-14-17-9-11-19(29-3)12-10-17)23(2,21(26)27)25(16)22(28)30-15-18-7-5-4-6-8-18/h4-12,16,20,24H,13-15H2,1-3H3,(H,26,27)/t16-,20+,23-/m1/s1. The molecule has 2 N–H and O–H groups in total. The van der Waals surface area contributed by atoms with Crippen LogP contribution >= 0.6 is 0 Å². The Morgan fingerprint density at radius 1 is 1.13 bits per heavy atom. The van der Waals surface area contributed by atoms with Crippen molar-refractivity contribution >= 4 is 12.1 Å². The smallest absolute Gasteiger partial charge is 0.411 e. The molecule has 30 heavy (non-hydrogen) atoms. The van der Waals surface area contributed by atoms with Crippen molar-refractivity contribution in [2.75, 3.05) is 7.11 Å². The van der Waals surface area contributed by atoms with Gasteiger partial charge in [0.25, 0.3) is 0 Å². The van der Waals surface area contributed by atoms with Crippen LogP contribution < -0.4 is 10.1 Å². The van der Waals surface area contributed by atoms with E-state index in [0.717, 1.165) is 16.9 Å². The number of methoxy groups -OCH3 is 1. The van der Waals surface area contributed by atoms with Crippen LogP contribution in [0.3, 0.4) is 0 Å². The van der Waals surface area contributed by atoms with Crippen molar-refractivity contribution in [3.8, 4) is 5.75 Å². The average molecular weight is 412 g/mol. The van der Waals surface area contributed by atoms with Gasteiger partial charge in [0.1, 0.15) is 12.4 Å². The minimum absolute atomic E-state index is 0.0997. The van der Waals surface area contributed by atoms with E-state index in [1.165, 1.54) is 4.90 Å². The molecule has 1 amide bonds. The maximum absolute atomic E-state index is 12.8. The van der Waals surface area contributed by atoms with Crippen molar-refractivity contribution < 1.29 is 24.2 Å². The van der Waals surface area contributed by atoms with E-state index >= 15 is 0 Å². The monoisotopic (exact) mass is 412 g/mol. The number of aliphatic carboxylic acids is 1. The summed E-state index contributed by atoms with van der Waals surface area (Å²) in [6, 6.07) is 16.2. The van der Waals surface area contributed by atoms with E-state index in [4.69, 9.17) is 9.47 Å². The molecule has 0 unspecified atom stereocenters. The summed E-state index contributed by atoms with van der Waals surface area (Å²) < 4.78 is 10.6. The molecule has 2 aromatic carbocycles. The van der Waals surface area contributed by atoms with Gasteiger partial charge in [-0.15, -0.1) is 0 Å². The molecular weight excluding hydrogens is 384 g/mol. The van der Waals surface area contributed by atoms with Crippen LogP contribution in [0.25, 0.3) is 0 Å². The number of hydrogen-bond acceptors (Lipinski definition) is 5. The SMILES string of the molecule is COc1ccc(CN[C@H]2C[C@@H](C)N(C(=O)OCc3ccccc3)[C@@]2(C)C(=O)O)cc1. The Morgan fingerprint density at radius 3 is 2.40 bits per heavy atom.